The summed E-state index contributed by atoms with van der Waals surface area (Å²) in [6.07, 6.45) is 0. The molecule has 0 spiro atoms. The van der Waals surface area contributed by atoms with Gasteiger partial charge in [0.05, 0.1) is 13.3 Å². The minimum absolute atomic E-state index is 0.138. The van der Waals surface area contributed by atoms with Gasteiger partial charge in [-0.1, -0.05) is 44.2 Å². The molecule has 1 amide bonds. The van der Waals surface area contributed by atoms with Crippen molar-refractivity contribution in [2.75, 3.05) is 26.4 Å². The Morgan fingerprint density at radius 1 is 1.37 bits per heavy atom. The van der Waals surface area contributed by atoms with Crippen molar-refractivity contribution in [1.82, 2.24) is 10.2 Å². The molecule has 0 aliphatic carbocycles. The minimum Gasteiger partial charge on any atom is -0.379 e. The highest BCUT2D eigenvalue weighted by atomic mass is 16.5. The zero-order valence-corrected chi connectivity index (χ0v) is 11.6. The molecule has 1 saturated heterocycles. The monoisotopic (exact) mass is 262 g/mol. The Kier molecular flexibility index (Phi) is 4.93. The average molecular weight is 262 g/mol. The smallest absolute Gasteiger partial charge is 0.245 e. The van der Waals surface area contributed by atoms with E-state index in [0.717, 1.165) is 12.2 Å². The molecule has 1 unspecified atom stereocenters. The number of ether oxygens (including phenoxy) is 1. The van der Waals surface area contributed by atoms with Crippen molar-refractivity contribution in [1.29, 1.82) is 0 Å². The predicted molar refractivity (Wildman–Crippen MR) is 74.6 cm³/mol. The second-order valence-corrected chi connectivity index (χ2v) is 5.28. The van der Waals surface area contributed by atoms with E-state index in [9.17, 15) is 4.79 Å². The summed E-state index contributed by atoms with van der Waals surface area (Å²) >= 11 is 0. The number of carbonyl (C=O) groups excluding carboxylic acids is 1. The van der Waals surface area contributed by atoms with Crippen LogP contribution in [0.1, 0.15) is 25.5 Å². The van der Waals surface area contributed by atoms with Gasteiger partial charge in [0.15, 0.2) is 0 Å². The molecule has 0 bridgehead atoms. The van der Waals surface area contributed by atoms with Gasteiger partial charge in [-0.15, -0.1) is 0 Å². The number of rotatable bonds is 6. The van der Waals surface area contributed by atoms with E-state index in [1.807, 2.05) is 35.2 Å². The van der Waals surface area contributed by atoms with Gasteiger partial charge in [-0.25, -0.2) is 0 Å². The van der Waals surface area contributed by atoms with Gasteiger partial charge in [-0.3, -0.25) is 10.1 Å². The first kappa shape index (κ1) is 14.0. The van der Waals surface area contributed by atoms with E-state index < -0.39 is 0 Å². The zero-order chi connectivity index (χ0) is 13.7. The van der Waals surface area contributed by atoms with Crippen molar-refractivity contribution in [2.24, 2.45) is 5.92 Å². The predicted octanol–water partition coefficient (Wildman–Crippen LogP) is 1.79. The quantitative estimate of drug-likeness (QED) is 0.795. The normalized spacial score (nSPS) is 19.4. The average Bonchev–Trinajstić information content (AvgIpc) is 2.77. The highest BCUT2D eigenvalue weighted by molar-refractivity contribution is 5.85. The molecule has 2 rings (SSSR count). The first-order chi connectivity index (χ1) is 9.18. The Morgan fingerprint density at radius 3 is 2.79 bits per heavy atom. The molecule has 1 atom stereocenters. The van der Waals surface area contributed by atoms with E-state index in [0.29, 0.717) is 25.7 Å². The van der Waals surface area contributed by atoms with Gasteiger partial charge < -0.3 is 9.64 Å². The Bertz CT molecular complexity index is 406. The van der Waals surface area contributed by atoms with Gasteiger partial charge >= 0.3 is 0 Å². The minimum atomic E-state index is -0.203. The SMILES string of the molecule is CC(C)COCCN1CNC(c2ccccc2)C1=O. The van der Waals surface area contributed by atoms with Crippen LogP contribution in [-0.2, 0) is 9.53 Å². The lowest BCUT2D eigenvalue weighted by molar-refractivity contribution is -0.129. The first-order valence-corrected chi connectivity index (χ1v) is 6.83. The van der Waals surface area contributed by atoms with Crippen LogP contribution in [0.2, 0.25) is 0 Å². The standard InChI is InChI=1S/C15H22N2O2/c1-12(2)10-19-9-8-17-11-16-14(15(17)18)13-6-4-3-5-7-13/h3-7,12,14,16H,8-11H2,1-2H3. The number of nitrogens with zero attached hydrogens (tertiary/aromatic N) is 1. The van der Waals surface area contributed by atoms with Crippen LogP contribution >= 0.6 is 0 Å². The summed E-state index contributed by atoms with van der Waals surface area (Å²) in [5.74, 6) is 0.670. The van der Waals surface area contributed by atoms with Gasteiger partial charge in [0.1, 0.15) is 6.04 Å². The number of carbonyl (C=O) groups is 1. The van der Waals surface area contributed by atoms with Crippen LogP contribution < -0.4 is 5.32 Å². The number of amides is 1. The molecule has 1 heterocycles. The van der Waals surface area contributed by atoms with E-state index in [2.05, 4.69) is 19.2 Å². The lowest BCUT2D eigenvalue weighted by atomic mass is 10.1. The van der Waals surface area contributed by atoms with Crippen LogP contribution in [0.3, 0.4) is 0 Å². The second-order valence-electron chi connectivity index (χ2n) is 5.28. The van der Waals surface area contributed by atoms with E-state index in [-0.39, 0.29) is 11.9 Å². The molecule has 1 aromatic rings. The summed E-state index contributed by atoms with van der Waals surface area (Å²) in [5, 5.41) is 3.24. The van der Waals surface area contributed by atoms with Crippen LogP contribution in [0.15, 0.2) is 30.3 Å². The molecule has 1 fully saturated rings. The molecule has 4 nitrogen and oxygen atoms in total. The van der Waals surface area contributed by atoms with Gasteiger partial charge in [0.2, 0.25) is 5.91 Å². The maximum absolute atomic E-state index is 12.2. The molecule has 0 radical (unpaired) electrons. The van der Waals surface area contributed by atoms with E-state index in [4.69, 9.17) is 4.74 Å². The Balaban J connectivity index is 1.81. The van der Waals surface area contributed by atoms with Crippen LogP contribution in [0.5, 0.6) is 0 Å². The summed E-state index contributed by atoms with van der Waals surface area (Å²) in [5.41, 5.74) is 1.03. The first-order valence-electron chi connectivity index (χ1n) is 6.83. The van der Waals surface area contributed by atoms with Gasteiger partial charge in [0, 0.05) is 13.2 Å². The molecule has 4 heteroatoms. The molecule has 0 aromatic heterocycles. The Labute approximate surface area is 114 Å². The fraction of sp³-hybridized carbons (Fsp3) is 0.533. The molecule has 104 valence electrons. The third kappa shape index (κ3) is 3.78. The second kappa shape index (κ2) is 6.68. The van der Waals surface area contributed by atoms with E-state index >= 15 is 0 Å². The molecule has 19 heavy (non-hydrogen) atoms. The molecule has 1 aliphatic heterocycles. The number of hydrogen-bond donors (Lipinski definition) is 1. The van der Waals surface area contributed by atoms with Crippen LogP contribution in [0.25, 0.3) is 0 Å². The van der Waals surface area contributed by atoms with Crippen molar-refractivity contribution in [3.8, 4) is 0 Å². The summed E-state index contributed by atoms with van der Waals surface area (Å²) in [4.78, 5) is 14.1. The number of benzene rings is 1. The Morgan fingerprint density at radius 2 is 2.11 bits per heavy atom. The Hall–Kier alpha value is -1.39. The van der Waals surface area contributed by atoms with Crippen molar-refractivity contribution < 1.29 is 9.53 Å². The lowest BCUT2D eigenvalue weighted by Crippen LogP contribution is -2.30. The zero-order valence-electron chi connectivity index (χ0n) is 11.6. The van der Waals surface area contributed by atoms with Crippen LogP contribution in [0.4, 0.5) is 0 Å². The maximum atomic E-state index is 12.2. The largest absolute Gasteiger partial charge is 0.379 e. The van der Waals surface area contributed by atoms with Gasteiger partial charge in [-0.2, -0.15) is 0 Å². The molecule has 0 saturated carbocycles. The summed E-state index contributed by atoms with van der Waals surface area (Å²) in [6.45, 7) is 6.85. The number of nitrogens with one attached hydrogen (secondary N) is 1. The van der Waals surface area contributed by atoms with Crippen LogP contribution in [0, 0.1) is 5.92 Å². The molecule has 1 N–H and O–H groups in total. The van der Waals surface area contributed by atoms with E-state index in [1.54, 1.807) is 0 Å². The van der Waals surface area contributed by atoms with Crippen molar-refractivity contribution in [2.45, 2.75) is 19.9 Å². The van der Waals surface area contributed by atoms with Crippen molar-refractivity contribution in [3.05, 3.63) is 35.9 Å². The highest BCUT2D eigenvalue weighted by Crippen LogP contribution is 2.19. The fourth-order valence-corrected chi connectivity index (χ4v) is 2.14. The highest BCUT2D eigenvalue weighted by Gasteiger charge is 2.31. The third-order valence-corrected chi connectivity index (χ3v) is 3.13. The van der Waals surface area contributed by atoms with Gasteiger partial charge in [0.25, 0.3) is 0 Å². The van der Waals surface area contributed by atoms with Crippen molar-refractivity contribution in [3.63, 3.8) is 0 Å². The molecule has 1 aliphatic rings. The van der Waals surface area contributed by atoms with Crippen molar-refractivity contribution >= 4 is 5.91 Å². The molecule has 1 aromatic carbocycles. The number of hydrogen-bond acceptors (Lipinski definition) is 3. The summed E-state index contributed by atoms with van der Waals surface area (Å²) in [7, 11) is 0. The van der Waals surface area contributed by atoms with E-state index in [1.165, 1.54) is 0 Å². The lowest BCUT2D eigenvalue weighted by Gasteiger charge is -2.16. The molecular weight excluding hydrogens is 240 g/mol. The molecular formula is C15H22N2O2. The fourth-order valence-electron chi connectivity index (χ4n) is 2.14. The summed E-state index contributed by atoms with van der Waals surface area (Å²) in [6, 6.07) is 9.63. The maximum Gasteiger partial charge on any atom is 0.245 e. The third-order valence-electron chi connectivity index (χ3n) is 3.13. The van der Waals surface area contributed by atoms with Gasteiger partial charge in [-0.05, 0) is 11.5 Å². The topological polar surface area (TPSA) is 41.6 Å². The summed E-state index contributed by atoms with van der Waals surface area (Å²) < 4.78 is 5.52. The van der Waals surface area contributed by atoms with Crippen LogP contribution in [-0.4, -0.2) is 37.2 Å².